The maximum absolute atomic E-state index is 6.17. The Morgan fingerprint density at radius 2 is 1.38 bits per heavy atom. The SMILES string of the molecule is COc1cc(Cl)ccc1C#Cc1ccc(Cl)cc1-c1ccccc1. The van der Waals surface area contributed by atoms with Gasteiger partial charge < -0.3 is 4.74 Å². The zero-order valence-electron chi connectivity index (χ0n) is 13.0. The summed E-state index contributed by atoms with van der Waals surface area (Å²) in [6.45, 7) is 0. The molecule has 0 saturated carbocycles. The lowest BCUT2D eigenvalue weighted by Gasteiger charge is -2.06. The fourth-order valence-corrected chi connectivity index (χ4v) is 2.72. The summed E-state index contributed by atoms with van der Waals surface area (Å²) < 4.78 is 5.34. The molecule has 0 saturated heterocycles. The first-order valence-electron chi connectivity index (χ1n) is 7.38. The first-order valence-corrected chi connectivity index (χ1v) is 8.13. The van der Waals surface area contributed by atoms with Gasteiger partial charge in [0.05, 0.1) is 12.7 Å². The van der Waals surface area contributed by atoms with E-state index in [1.165, 1.54) is 0 Å². The molecule has 0 aliphatic carbocycles. The lowest BCUT2D eigenvalue weighted by atomic mass is 10.00. The molecule has 0 aliphatic heterocycles. The Bertz CT molecular complexity index is 922. The first kappa shape index (κ1) is 16.5. The van der Waals surface area contributed by atoms with Crippen LogP contribution in [0.4, 0.5) is 0 Å². The molecule has 3 heteroatoms. The van der Waals surface area contributed by atoms with Crippen molar-refractivity contribution in [1.82, 2.24) is 0 Å². The van der Waals surface area contributed by atoms with Gasteiger partial charge >= 0.3 is 0 Å². The molecule has 0 amide bonds. The second-order valence-corrected chi connectivity index (χ2v) is 6.02. The van der Waals surface area contributed by atoms with Gasteiger partial charge in [-0.3, -0.25) is 0 Å². The smallest absolute Gasteiger partial charge is 0.135 e. The van der Waals surface area contributed by atoms with Crippen LogP contribution in [0.1, 0.15) is 11.1 Å². The molecule has 0 unspecified atom stereocenters. The van der Waals surface area contributed by atoms with E-state index in [-0.39, 0.29) is 0 Å². The second-order valence-electron chi connectivity index (χ2n) is 5.15. The van der Waals surface area contributed by atoms with Crippen molar-refractivity contribution in [1.29, 1.82) is 0 Å². The molecule has 24 heavy (non-hydrogen) atoms. The van der Waals surface area contributed by atoms with E-state index >= 15 is 0 Å². The Balaban J connectivity index is 2.07. The van der Waals surface area contributed by atoms with Crippen molar-refractivity contribution >= 4 is 23.2 Å². The summed E-state index contributed by atoms with van der Waals surface area (Å²) >= 11 is 12.2. The molecule has 118 valence electrons. The highest BCUT2D eigenvalue weighted by atomic mass is 35.5. The monoisotopic (exact) mass is 352 g/mol. The molecule has 0 atom stereocenters. The Labute approximate surface area is 151 Å². The average molecular weight is 353 g/mol. The number of ether oxygens (including phenoxy) is 1. The van der Waals surface area contributed by atoms with E-state index in [9.17, 15) is 0 Å². The third-order valence-corrected chi connectivity index (χ3v) is 4.03. The molecule has 0 aromatic heterocycles. The van der Waals surface area contributed by atoms with Crippen molar-refractivity contribution in [3.63, 3.8) is 0 Å². The Morgan fingerprint density at radius 1 is 0.750 bits per heavy atom. The maximum atomic E-state index is 6.17. The predicted octanol–water partition coefficient (Wildman–Crippen LogP) is 6.07. The highest BCUT2D eigenvalue weighted by Gasteiger charge is 2.05. The standard InChI is InChI=1S/C21H14Cl2O/c1-24-21-14-19(23)12-10-17(21)8-7-16-9-11-18(22)13-20(16)15-5-3-2-4-6-15/h2-6,9-14H,1H3. The van der Waals surface area contributed by atoms with Gasteiger partial charge in [-0.1, -0.05) is 65.4 Å². The van der Waals surface area contributed by atoms with Crippen LogP contribution in [0, 0.1) is 11.8 Å². The van der Waals surface area contributed by atoms with Gasteiger partial charge in [-0.05, 0) is 41.5 Å². The summed E-state index contributed by atoms with van der Waals surface area (Å²) in [4.78, 5) is 0. The van der Waals surface area contributed by atoms with E-state index in [0.29, 0.717) is 15.8 Å². The Hall–Kier alpha value is -2.40. The third-order valence-electron chi connectivity index (χ3n) is 3.56. The number of hydrogen-bond acceptors (Lipinski definition) is 1. The summed E-state index contributed by atoms with van der Waals surface area (Å²) in [5, 5.41) is 1.30. The van der Waals surface area contributed by atoms with E-state index in [1.807, 2.05) is 54.6 Å². The topological polar surface area (TPSA) is 9.23 Å². The van der Waals surface area contributed by atoms with Crippen LogP contribution in [0.3, 0.4) is 0 Å². The molecule has 0 heterocycles. The molecule has 0 fully saturated rings. The van der Waals surface area contributed by atoms with Gasteiger partial charge in [0.1, 0.15) is 5.75 Å². The maximum Gasteiger partial charge on any atom is 0.135 e. The summed E-state index contributed by atoms with van der Waals surface area (Å²) in [6, 6.07) is 21.2. The minimum atomic E-state index is 0.619. The zero-order chi connectivity index (χ0) is 16.9. The summed E-state index contributed by atoms with van der Waals surface area (Å²) in [5.41, 5.74) is 3.77. The molecule has 0 aliphatic rings. The molecule has 1 nitrogen and oxygen atoms in total. The molecular formula is C21H14Cl2O. The van der Waals surface area contributed by atoms with Crippen LogP contribution in [0.2, 0.25) is 10.0 Å². The molecular weight excluding hydrogens is 339 g/mol. The summed E-state index contributed by atoms with van der Waals surface area (Å²) in [7, 11) is 1.61. The first-order chi connectivity index (χ1) is 11.7. The van der Waals surface area contributed by atoms with Gasteiger partial charge in [0.2, 0.25) is 0 Å². The minimum Gasteiger partial charge on any atom is -0.495 e. The number of methoxy groups -OCH3 is 1. The molecule has 0 spiro atoms. The normalized spacial score (nSPS) is 9.96. The number of rotatable bonds is 2. The van der Waals surface area contributed by atoms with Crippen molar-refractivity contribution < 1.29 is 4.74 Å². The highest BCUT2D eigenvalue weighted by Crippen LogP contribution is 2.27. The minimum absolute atomic E-state index is 0.619. The molecule has 0 N–H and O–H groups in total. The van der Waals surface area contributed by atoms with Crippen LogP contribution in [0.5, 0.6) is 5.75 Å². The Kier molecular flexibility index (Phi) is 5.11. The number of halogens is 2. The fraction of sp³-hybridized carbons (Fsp3) is 0.0476. The average Bonchev–Trinajstić information content (AvgIpc) is 2.62. The van der Waals surface area contributed by atoms with Gasteiger partial charge in [-0.15, -0.1) is 0 Å². The zero-order valence-corrected chi connectivity index (χ0v) is 14.5. The van der Waals surface area contributed by atoms with Gasteiger partial charge in [0, 0.05) is 21.7 Å². The second kappa shape index (κ2) is 7.45. The van der Waals surface area contributed by atoms with Crippen LogP contribution >= 0.6 is 23.2 Å². The van der Waals surface area contributed by atoms with Crippen molar-refractivity contribution in [2.45, 2.75) is 0 Å². The van der Waals surface area contributed by atoms with Crippen LogP contribution in [0.25, 0.3) is 11.1 Å². The molecule has 0 bridgehead atoms. The third kappa shape index (κ3) is 3.74. The van der Waals surface area contributed by atoms with Gasteiger partial charge in [0.25, 0.3) is 0 Å². The largest absolute Gasteiger partial charge is 0.495 e. The predicted molar refractivity (Wildman–Crippen MR) is 101 cm³/mol. The van der Waals surface area contributed by atoms with Crippen LogP contribution < -0.4 is 4.74 Å². The van der Waals surface area contributed by atoms with Crippen molar-refractivity contribution in [2.24, 2.45) is 0 Å². The molecule has 3 rings (SSSR count). The van der Waals surface area contributed by atoms with Gasteiger partial charge in [-0.25, -0.2) is 0 Å². The van der Waals surface area contributed by atoms with Crippen molar-refractivity contribution in [2.75, 3.05) is 7.11 Å². The van der Waals surface area contributed by atoms with Gasteiger partial charge in [0.15, 0.2) is 0 Å². The molecule has 0 radical (unpaired) electrons. The van der Waals surface area contributed by atoms with E-state index < -0.39 is 0 Å². The Morgan fingerprint density at radius 3 is 2.08 bits per heavy atom. The molecule has 3 aromatic carbocycles. The highest BCUT2D eigenvalue weighted by molar-refractivity contribution is 6.31. The van der Waals surface area contributed by atoms with E-state index in [0.717, 1.165) is 22.3 Å². The fourth-order valence-electron chi connectivity index (χ4n) is 2.39. The van der Waals surface area contributed by atoms with Gasteiger partial charge in [-0.2, -0.15) is 0 Å². The van der Waals surface area contributed by atoms with Crippen molar-refractivity contribution in [3.05, 3.63) is 87.9 Å². The lowest BCUT2D eigenvalue weighted by Crippen LogP contribution is -1.88. The van der Waals surface area contributed by atoms with E-state index in [2.05, 4.69) is 11.8 Å². The van der Waals surface area contributed by atoms with Crippen LogP contribution in [-0.2, 0) is 0 Å². The lowest BCUT2D eigenvalue weighted by molar-refractivity contribution is 0.413. The van der Waals surface area contributed by atoms with E-state index in [4.69, 9.17) is 27.9 Å². The number of benzene rings is 3. The molecule has 3 aromatic rings. The summed E-state index contributed by atoms with van der Waals surface area (Å²) in [6.07, 6.45) is 0. The van der Waals surface area contributed by atoms with Crippen LogP contribution in [0.15, 0.2) is 66.7 Å². The quantitative estimate of drug-likeness (QED) is 0.508. The van der Waals surface area contributed by atoms with Crippen molar-refractivity contribution in [3.8, 4) is 28.7 Å². The van der Waals surface area contributed by atoms with Crippen LogP contribution in [-0.4, -0.2) is 7.11 Å². The van der Waals surface area contributed by atoms with E-state index in [1.54, 1.807) is 19.2 Å². The summed E-state index contributed by atoms with van der Waals surface area (Å²) in [5.74, 6) is 7.04. The number of hydrogen-bond donors (Lipinski definition) is 0.